The van der Waals surface area contributed by atoms with E-state index in [1.165, 1.54) is 0 Å². The molecule has 0 aliphatic carbocycles. The summed E-state index contributed by atoms with van der Waals surface area (Å²) in [6.45, 7) is 0. The molecule has 24 heavy (non-hydrogen) atoms. The van der Waals surface area contributed by atoms with E-state index in [-0.39, 0.29) is 0 Å². The van der Waals surface area contributed by atoms with Crippen molar-refractivity contribution in [2.75, 3.05) is 0 Å². The maximum atomic E-state index is 11.9. The van der Waals surface area contributed by atoms with Gasteiger partial charge in [0.05, 0.1) is 9.79 Å². The van der Waals surface area contributed by atoms with Crippen LogP contribution in [-0.4, -0.2) is 51.4 Å². The quantitative estimate of drug-likeness (QED) is 0.306. The molecule has 0 aliphatic rings. The fraction of sp³-hybridized carbons (Fsp3) is 0. The molecule has 0 aliphatic heterocycles. The average Bonchev–Trinajstić information content (AvgIpc) is 2.46. The van der Waals surface area contributed by atoms with Gasteiger partial charge in [-0.25, -0.2) is 9.59 Å². The van der Waals surface area contributed by atoms with Crippen LogP contribution in [-0.2, 0) is 29.6 Å². The molecule has 1 rings (SSSR count). The summed E-state index contributed by atoms with van der Waals surface area (Å²) < 4.78 is 47.4. The van der Waals surface area contributed by atoms with Crippen LogP contribution < -0.4 is 9.66 Å². The first-order valence-electron chi connectivity index (χ1n) is 5.70. The second-order valence-corrected chi connectivity index (χ2v) is 7.18. The number of carboxylic acid groups (broad SMARTS) is 2. The molecule has 0 unspecified atom stereocenters. The third-order valence-corrected chi connectivity index (χ3v) is 4.56. The Morgan fingerprint density at radius 2 is 1.25 bits per heavy atom. The Hall–Kier alpha value is -3.00. The number of aliphatic carboxylic acids is 2. The van der Waals surface area contributed by atoms with Crippen molar-refractivity contribution >= 4 is 44.4 Å². The summed E-state index contributed by atoms with van der Waals surface area (Å²) in [5.41, 5.74) is 0. The van der Waals surface area contributed by atoms with Crippen LogP contribution in [0.2, 0.25) is 0 Å². The topological polar surface area (TPSA) is 192 Å². The van der Waals surface area contributed by atoms with E-state index in [0.717, 1.165) is 24.3 Å². The number of hydrazone groups is 2. The van der Waals surface area contributed by atoms with Gasteiger partial charge in [0.2, 0.25) is 0 Å². The van der Waals surface area contributed by atoms with Gasteiger partial charge in [0.25, 0.3) is 20.0 Å². The van der Waals surface area contributed by atoms with E-state index in [4.69, 9.17) is 10.2 Å². The molecule has 1 aromatic rings. The number of hydrogen-bond donors (Lipinski definition) is 4. The van der Waals surface area contributed by atoms with E-state index in [1.54, 1.807) is 9.66 Å². The predicted octanol–water partition coefficient (Wildman–Crippen LogP) is -1.62. The molecule has 130 valence electrons. The fourth-order valence-corrected chi connectivity index (χ4v) is 2.96. The monoisotopic (exact) mass is 378 g/mol. The van der Waals surface area contributed by atoms with Gasteiger partial charge in [0.15, 0.2) is 0 Å². The van der Waals surface area contributed by atoms with Crippen molar-refractivity contribution in [3.05, 3.63) is 24.3 Å². The van der Waals surface area contributed by atoms with Crippen molar-refractivity contribution in [2.45, 2.75) is 9.79 Å². The SMILES string of the molecule is O=C(O)C=NNS(=O)(=O)c1cccc(S(=O)(=O)NN=CC(=O)O)c1. The van der Waals surface area contributed by atoms with Crippen LogP contribution >= 0.6 is 0 Å². The van der Waals surface area contributed by atoms with Gasteiger partial charge in [-0.3, -0.25) is 0 Å². The number of carbonyl (C=O) groups is 2. The molecule has 14 heteroatoms. The zero-order chi connectivity index (χ0) is 18.4. The summed E-state index contributed by atoms with van der Waals surface area (Å²) in [6, 6.07) is 3.93. The number of hydrogen-bond acceptors (Lipinski definition) is 8. The zero-order valence-corrected chi connectivity index (χ0v) is 13.2. The molecule has 0 radical (unpaired) electrons. The summed E-state index contributed by atoms with van der Waals surface area (Å²) >= 11 is 0. The predicted molar refractivity (Wildman–Crippen MR) is 79.3 cm³/mol. The van der Waals surface area contributed by atoms with E-state index < -0.39 is 41.8 Å². The Labute approximate surface area is 135 Å². The molecule has 0 spiro atoms. The lowest BCUT2D eigenvalue weighted by atomic mass is 10.4. The largest absolute Gasteiger partial charge is 0.477 e. The summed E-state index contributed by atoms with van der Waals surface area (Å²) in [4.78, 5) is 22.6. The lowest BCUT2D eigenvalue weighted by molar-refractivity contribution is -0.129. The minimum Gasteiger partial charge on any atom is -0.477 e. The first-order valence-corrected chi connectivity index (χ1v) is 8.67. The number of benzene rings is 1. The van der Waals surface area contributed by atoms with Gasteiger partial charge in [-0.15, -0.1) is 0 Å². The van der Waals surface area contributed by atoms with Crippen LogP contribution in [0.4, 0.5) is 0 Å². The van der Waals surface area contributed by atoms with Crippen molar-refractivity contribution in [1.82, 2.24) is 9.66 Å². The highest BCUT2D eigenvalue weighted by molar-refractivity contribution is 7.90. The standard InChI is InChI=1S/C10H10N4O8S2/c15-9(16)5-11-13-23(19,20)7-2-1-3-8(4-7)24(21,22)14-12-6-10(17)18/h1-6,13-14H,(H,15,16)(H,17,18). The Bertz CT molecular complexity index is 833. The van der Waals surface area contributed by atoms with E-state index in [1.807, 2.05) is 0 Å². The van der Waals surface area contributed by atoms with Gasteiger partial charge in [-0.05, 0) is 18.2 Å². The highest BCUT2D eigenvalue weighted by Gasteiger charge is 2.19. The van der Waals surface area contributed by atoms with Gasteiger partial charge in [0, 0.05) is 0 Å². The highest BCUT2D eigenvalue weighted by Crippen LogP contribution is 2.15. The van der Waals surface area contributed by atoms with Crippen molar-refractivity contribution in [1.29, 1.82) is 0 Å². The first-order chi connectivity index (χ1) is 11.0. The Morgan fingerprint density at radius 3 is 1.58 bits per heavy atom. The molecule has 0 bridgehead atoms. The van der Waals surface area contributed by atoms with Gasteiger partial charge in [-0.2, -0.15) is 36.7 Å². The Morgan fingerprint density at radius 1 is 0.875 bits per heavy atom. The molecule has 0 fully saturated rings. The molecule has 0 heterocycles. The molecule has 0 saturated heterocycles. The van der Waals surface area contributed by atoms with Crippen LogP contribution in [0.25, 0.3) is 0 Å². The van der Waals surface area contributed by atoms with Gasteiger partial charge < -0.3 is 10.2 Å². The molecular weight excluding hydrogens is 368 g/mol. The van der Waals surface area contributed by atoms with Gasteiger partial charge in [0.1, 0.15) is 12.4 Å². The molecule has 0 saturated carbocycles. The number of carboxylic acids is 2. The minimum absolute atomic E-state index is 0.292. The lowest BCUT2D eigenvalue weighted by Crippen LogP contribution is -2.22. The number of sulfonamides is 2. The maximum absolute atomic E-state index is 11.9. The van der Waals surface area contributed by atoms with Gasteiger partial charge >= 0.3 is 11.9 Å². The van der Waals surface area contributed by atoms with Gasteiger partial charge in [-0.1, -0.05) is 6.07 Å². The van der Waals surface area contributed by atoms with Crippen LogP contribution in [0.1, 0.15) is 0 Å². The van der Waals surface area contributed by atoms with E-state index in [9.17, 15) is 26.4 Å². The minimum atomic E-state index is -4.31. The van der Waals surface area contributed by atoms with Crippen LogP contribution in [0, 0.1) is 0 Å². The van der Waals surface area contributed by atoms with E-state index >= 15 is 0 Å². The Balaban J connectivity index is 3.09. The van der Waals surface area contributed by atoms with E-state index in [2.05, 4.69) is 10.2 Å². The number of rotatable bonds is 8. The molecule has 1 aromatic carbocycles. The third kappa shape index (κ3) is 5.65. The molecule has 12 nitrogen and oxygen atoms in total. The van der Waals surface area contributed by atoms with Crippen molar-refractivity contribution in [3.8, 4) is 0 Å². The second-order valence-electron chi connectivity index (χ2n) is 3.86. The molecule has 0 amide bonds. The lowest BCUT2D eigenvalue weighted by Gasteiger charge is -2.06. The number of nitrogens with zero attached hydrogens (tertiary/aromatic N) is 2. The fourth-order valence-electron chi connectivity index (χ4n) is 1.22. The Kier molecular flexibility index (Phi) is 5.96. The van der Waals surface area contributed by atoms with Crippen molar-refractivity contribution < 1.29 is 36.6 Å². The van der Waals surface area contributed by atoms with Crippen molar-refractivity contribution in [2.24, 2.45) is 10.2 Å². The highest BCUT2D eigenvalue weighted by atomic mass is 32.2. The van der Waals surface area contributed by atoms with E-state index in [0.29, 0.717) is 12.4 Å². The maximum Gasteiger partial charge on any atom is 0.348 e. The van der Waals surface area contributed by atoms with Crippen LogP contribution in [0.15, 0.2) is 44.3 Å². The second kappa shape index (κ2) is 7.51. The zero-order valence-electron chi connectivity index (χ0n) is 11.5. The number of nitrogens with one attached hydrogen (secondary N) is 2. The molecule has 4 N–H and O–H groups in total. The normalized spacial score (nSPS) is 12.3. The third-order valence-electron chi connectivity index (χ3n) is 2.12. The summed E-state index contributed by atoms with van der Waals surface area (Å²) in [5, 5.41) is 22.6. The molecule has 0 atom stereocenters. The summed E-state index contributed by atoms with van der Waals surface area (Å²) in [5.74, 6) is -2.98. The molecular formula is C10H10N4O8S2. The van der Waals surface area contributed by atoms with Crippen LogP contribution in [0.5, 0.6) is 0 Å². The summed E-state index contributed by atoms with van der Waals surface area (Å²) in [7, 11) is -8.62. The van der Waals surface area contributed by atoms with Crippen molar-refractivity contribution in [3.63, 3.8) is 0 Å². The first kappa shape index (κ1) is 19.0. The smallest absolute Gasteiger partial charge is 0.348 e. The van der Waals surface area contributed by atoms with Crippen LogP contribution in [0.3, 0.4) is 0 Å². The molecule has 0 aromatic heterocycles. The summed E-state index contributed by atoms with van der Waals surface area (Å²) in [6.07, 6.45) is 0.584. The average molecular weight is 378 g/mol.